The molecule has 0 saturated carbocycles. The molecule has 20 heavy (non-hydrogen) atoms. The summed E-state index contributed by atoms with van der Waals surface area (Å²) < 4.78 is 1.14. The Balaban J connectivity index is 2.21. The summed E-state index contributed by atoms with van der Waals surface area (Å²) in [6.45, 7) is 7.42. The molecule has 0 radical (unpaired) electrons. The Kier molecular flexibility index (Phi) is 5.75. The first kappa shape index (κ1) is 15.7. The molecule has 2 nitrogen and oxygen atoms in total. The van der Waals surface area contributed by atoms with Crippen LogP contribution in [0.4, 0.5) is 0 Å². The van der Waals surface area contributed by atoms with E-state index in [-0.39, 0.29) is 0 Å². The highest BCUT2D eigenvalue weighted by Crippen LogP contribution is 2.24. The molecule has 0 amide bonds. The molecule has 1 heterocycles. The van der Waals surface area contributed by atoms with Gasteiger partial charge in [0.25, 0.3) is 0 Å². The van der Waals surface area contributed by atoms with Crippen molar-refractivity contribution in [3.05, 3.63) is 49.9 Å². The van der Waals surface area contributed by atoms with E-state index in [1.54, 1.807) is 11.3 Å². The minimum atomic E-state index is 0.327. The fourth-order valence-electron chi connectivity index (χ4n) is 2.30. The number of aromatic nitrogens is 1. The van der Waals surface area contributed by atoms with Gasteiger partial charge in [0, 0.05) is 22.3 Å². The number of nitrogens with zero attached hydrogens (tertiary/aromatic N) is 1. The van der Waals surface area contributed by atoms with E-state index in [0.29, 0.717) is 6.04 Å². The highest BCUT2D eigenvalue weighted by Gasteiger charge is 2.14. The van der Waals surface area contributed by atoms with Gasteiger partial charge in [-0.1, -0.05) is 28.9 Å². The van der Waals surface area contributed by atoms with Gasteiger partial charge in [-0.25, -0.2) is 4.98 Å². The fourth-order valence-corrected chi connectivity index (χ4v) is 3.55. The first-order valence-electron chi connectivity index (χ1n) is 7.00. The zero-order valence-electron chi connectivity index (χ0n) is 12.2. The molecule has 0 spiro atoms. The maximum absolute atomic E-state index is 4.60. The van der Waals surface area contributed by atoms with Crippen molar-refractivity contribution in [3.63, 3.8) is 0 Å². The summed E-state index contributed by atoms with van der Waals surface area (Å²) in [6, 6.07) is 6.94. The molecular weight excluding hydrogens is 332 g/mol. The Hall–Kier alpha value is -0.710. The number of nitrogens with one attached hydrogen (secondary N) is 1. The van der Waals surface area contributed by atoms with Crippen molar-refractivity contribution in [2.75, 3.05) is 6.54 Å². The van der Waals surface area contributed by atoms with E-state index >= 15 is 0 Å². The van der Waals surface area contributed by atoms with Crippen LogP contribution >= 0.6 is 27.3 Å². The number of aryl methyl sites for hydroxylation is 2. The summed E-state index contributed by atoms with van der Waals surface area (Å²) in [5, 5.41) is 6.95. The second-order valence-electron chi connectivity index (χ2n) is 5.13. The molecule has 1 aromatic carbocycles. The lowest BCUT2D eigenvalue weighted by Gasteiger charge is -2.19. The number of hydrogen-bond donors (Lipinski definition) is 1. The summed E-state index contributed by atoms with van der Waals surface area (Å²) in [7, 11) is 0. The van der Waals surface area contributed by atoms with Gasteiger partial charge in [0.2, 0.25) is 0 Å². The normalized spacial score (nSPS) is 12.6. The molecule has 0 bridgehead atoms. The van der Waals surface area contributed by atoms with E-state index in [4.69, 9.17) is 0 Å². The van der Waals surface area contributed by atoms with E-state index in [9.17, 15) is 0 Å². The lowest BCUT2D eigenvalue weighted by atomic mass is 10.0. The SMILES string of the molecule is CCCNC(Cc1csc(C)n1)c1cc(C)cc(Br)c1. The summed E-state index contributed by atoms with van der Waals surface area (Å²) in [5.41, 5.74) is 3.79. The molecule has 0 saturated heterocycles. The zero-order chi connectivity index (χ0) is 14.5. The Morgan fingerprint density at radius 2 is 2.10 bits per heavy atom. The number of benzene rings is 1. The van der Waals surface area contributed by atoms with Gasteiger partial charge in [-0.2, -0.15) is 0 Å². The van der Waals surface area contributed by atoms with Crippen LogP contribution in [0.3, 0.4) is 0 Å². The van der Waals surface area contributed by atoms with E-state index in [1.807, 2.05) is 0 Å². The fraction of sp³-hybridized carbons (Fsp3) is 0.438. The Bertz CT molecular complexity index is 545. The Morgan fingerprint density at radius 1 is 1.30 bits per heavy atom. The third kappa shape index (κ3) is 4.40. The van der Waals surface area contributed by atoms with Gasteiger partial charge in [-0.05, 0) is 50.1 Å². The number of thiazole rings is 1. The van der Waals surface area contributed by atoms with Crippen molar-refractivity contribution in [2.24, 2.45) is 0 Å². The molecule has 2 rings (SSSR count). The monoisotopic (exact) mass is 352 g/mol. The summed E-state index contributed by atoms with van der Waals surface area (Å²) >= 11 is 5.32. The average Bonchev–Trinajstić information content (AvgIpc) is 2.79. The zero-order valence-corrected chi connectivity index (χ0v) is 14.6. The number of halogens is 1. The van der Waals surface area contributed by atoms with Crippen molar-refractivity contribution in [3.8, 4) is 0 Å². The van der Waals surface area contributed by atoms with Crippen molar-refractivity contribution in [1.82, 2.24) is 10.3 Å². The molecule has 4 heteroatoms. The molecule has 1 N–H and O–H groups in total. The van der Waals surface area contributed by atoms with E-state index < -0.39 is 0 Å². The minimum Gasteiger partial charge on any atom is -0.310 e. The third-order valence-electron chi connectivity index (χ3n) is 3.19. The van der Waals surface area contributed by atoms with Gasteiger partial charge in [0.1, 0.15) is 0 Å². The van der Waals surface area contributed by atoms with Gasteiger partial charge in [0.15, 0.2) is 0 Å². The van der Waals surface area contributed by atoms with Gasteiger partial charge in [-0.3, -0.25) is 0 Å². The third-order valence-corrected chi connectivity index (χ3v) is 4.47. The van der Waals surface area contributed by atoms with Gasteiger partial charge in [0.05, 0.1) is 10.7 Å². The molecule has 0 aliphatic rings. The van der Waals surface area contributed by atoms with Gasteiger partial charge >= 0.3 is 0 Å². The molecule has 1 aromatic heterocycles. The molecular formula is C16H21BrN2S. The highest BCUT2D eigenvalue weighted by molar-refractivity contribution is 9.10. The molecule has 0 aliphatic heterocycles. The second-order valence-corrected chi connectivity index (χ2v) is 7.11. The summed E-state index contributed by atoms with van der Waals surface area (Å²) in [6.07, 6.45) is 2.08. The smallest absolute Gasteiger partial charge is 0.0897 e. The lowest BCUT2D eigenvalue weighted by molar-refractivity contribution is 0.524. The second kappa shape index (κ2) is 7.34. The van der Waals surface area contributed by atoms with Crippen LogP contribution in [0.25, 0.3) is 0 Å². The maximum atomic E-state index is 4.60. The van der Waals surface area contributed by atoms with Crippen LogP contribution < -0.4 is 5.32 Å². The minimum absolute atomic E-state index is 0.327. The topological polar surface area (TPSA) is 24.9 Å². The predicted molar refractivity (Wildman–Crippen MR) is 90.5 cm³/mol. The lowest BCUT2D eigenvalue weighted by Crippen LogP contribution is -2.24. The van der Waals surface area contributed by atoms with Crippen LogP contribution in [-0.4, -0.2) is 11.5 Å². The molecule has 0 aliphatic carbocycles. The van der Waals surface area contributed by atoms with E-state index in [2.05, 4.69) is 70.6 Å². The molecule has 0 fully saturated rings. The van der Waals surface area contributed by atoms with Crippen molar-refractivity contribution >= 4 is 27.3 Å². The molecule has 108 valence electrons. The molecule has 2 aromatic rings. The standard InChI is InChI=1S/C16H21BrN2S/c1-4-5-18-16(9-15-10-20-12(3)19-15)13-6-11(2)7-14(17)8-13/h6-8,10,16,18H,4-5,9H2,1-3H3. The highest BCUT2D eigenvalue weighted by atomic mass is 79.9. The first-order chi connectivity index (χ1) is 9.58. The number of rotatable bonds is 6. The van der Waals surface area contributed by atoms with Crippen molar-refractivity contribution in [2.45, 2.75) is 39.7 Å². The van der Waals surface area contributed by atoms with Crippen molar-refractivity contribution in [1.29, 1.82) is 0 Å². The summed E-state index contributed by atoms with van der Waals surface area (Å²) in [4.78, 5) is 4.60. The predicted octanol–water partition coefficient (Wildman–Crippen LogP) is 4.81. The maximum Gasteiger partial charge on any atom is 0.0897 e. The molecule has 1 unspecified atom stereocenters. The van der Waals surface area contributed by atoms with E-state index in [1.165, 1.54) is 16.8 Å². The van der Waals surface area contributed by atoms with E-state index in [0.717, 1.165) is 28.9 Å². The quantitative estimate of drug-likeness (QED) is 0.806. The van der Waals surface area contributed by atoms with Crippen LogP contribution in [0.1, 0.15) is 41.2 Å². The summed E-state index contributed by atoms with van der Waals surface area (Å²) in [5.74, 6) is 0. The van der Waals surface area contributed by atoms with Gasteiger partial charge in [-0.15, -0.1) is 11.3 Å². The van der Waals surface area contributed by atoms with Crippen LogP contribution in [0.2, 0.25) is 0 Å². The first-order valence-corrected chi connectivity index (χ1v) is 8.67. The van der Waals surface area contributed by atoms with Gasteiger partial charge < -0.3 is 5.32 Å². The van der Waals surface area contributed by atoms with Crippen LogP contribution in [0, 0.1) is 13.8 Å². The Labute approximate surface area is 133 Å². The van der Waals surface area contributed by atoms with Crippen LogP contribution in [0.5, 0.6) is 0 Å². The number of hydrogen-bond acceptors (Lipinski definition) is 3. The largest absolute Gasteiger partial charge is 0.310 e. The van der Waals surface area contributed by atoms with Crippen LogP contribution in [0.15, 0.2) is 28.1 Å². The van der Waals surface area contributed by atoms with Crippen molar-refractivity contribution < 1.29 is 0 Å². The Morgan fingerprint density at radius 3 is 2.70 bits per heavy atom. The average molecular weight is 353 g/mol. The molecule has 1 atom stereocenters. The van der Waals surface area contributed by atoms with Crippen LogP contribution in [-0.2, 0) is 6.42 Å².